The van der Waals surface area contributed by atoms with Gasteiger partial charge < -0.3 is 15.5 Å². The first-order valence-electron chi connectivity index (χ1n) is 10.1. The van der Waals surface area contributed by atoms with Gasteiger partial charge in [0.15, 0.2) is 0 Å². The van der Waals surface area contributed by atoms with Gasteiger partial charge in [0, 0.05) is 12.1 Å². The van der Waals surface area contributed by atoms with Crippen molar-refractivity contribution in [2.45, 2.75) is 52.4 Å². The number of nitrogens with one attached hydrogen (secondary N) is 2. The van der Waals surface area contributed by atoms with Crippen LogP contribution in [0.15, 0.2) is 24.3 Å². The van der Waals surface area contributed by atoms with Crippen LogP contribution >= 0.6 is 0 Å². The minimum atomic E-state index is -0.215. The fraction of sp³-hybridized carbons (Fsp3) is 0.636. The second-order valence-electron chi connectivity index (χ2n) is 8.74. The van der Waals surface area contributed by atoms with Crippen LogP contribution in [0.2, 0.25) is 0 Å². The number of hydrogen-bond donors (Lipinski definition) is 2. The summed E-state index contributed by atoms with van der Waals surface area (Å²) in [5.74, 6) is 0.490. The van der Waals surface area contributed by atoms with Crippen LogP contribution in [0.5, 0.6) is 0 Å². The summed E-state index contributed by atoms with van der Waals surface area (Å²) in [6.45, 7) is 12.7. The van der Waals surface area contributed by atoms with E-state index in [0.29, 0.717) is 12.1 Å². The maximum atomic E-state index is 12.2. The average molecular weight is 374 g/mol. The first-order chi connectivity index (χ1) is 12.8. The zero-order valence-corrected chi connectivity index (χ0v) is 17.3. The summed E-state index contributed by atoms with van der Waals surface area (Å²) < 4.78 is 0. The summed E-state index contributed by atoms with van der Waals surface area (Å²) in [4.78, 5) is 26.6. The lowest BCUT2D eigenvalue weighted by molar-refractivity contribution is -0.120. The Morgan fingerprint density at radius 2 is 1.70 bits per heavy atom. The van der Waals surface area contributed by atoms with Gasteiger partial charge in [0.25, 0.3) is 5.91 Å². The van der Waals surface area contributed by atoms with Crippen molar-refractivity contribution in [3.63, 3.8) is 0 Å². The van der Waals surface area contributed by atoms with Gasteiger partial charge in [0.1, 0.15) is 0 Å². The Morgan fingerprint density at radius 1 is 1.07 bits per heavy atom. The van der Waals surface area contributed by atoms with Gasteiger partial charge in [-0.25, -0.2) is 0 Å². The van der Waals surface area contributed by atoms with E-state index in [2.05, 4.69) is 43.2 Å². The van der Waals surface area contributed by atoms with Gasteiger partial charge in [-0.1, -0.05) is 39.8 Å². The molecule has 1 heterocycles. The summed E-state index contributed by atoms with van der Waals surface area (Å²) in [7, 11) is 0. The molecule has 0 aromatic heterocycles. The predicted molar refractivity (Wildman–Crippen MR) is 110 cm³/mol. The van der Waals surface area contributed by atoms with Gasteiger partial charge >= 0.3 is 0 Å². The topological polar surface area (TPSA) is 61.4 Å². The average Bonchev–Trinajstić information content (AvgIpc) is 2.64. The molecule has 1 fully saturated rings. The highest BCUT2D eigenvalue weighted by Crippen LogP contribution is 2.22. The number of benzene rings is 1. The van der Waals surface area contributed by atoms with Crippen LogP contribution in [0.3, 0.4) is 0 Å². The normalized spacial score (nSPS) is 16.1. The summed E-state index contributed by atoms with van der Waals surface area (Å²) in [5.41, 5.74) is 1.82. The SMILES string of the molecule is CC1CCN(CCCNC(=O)CNC(=O)c2ccc(C(C)(C)C)cc2)CC1. The van der Waals surface area contributed by atoms with E-state index in [9.17, 15) is 9.59 Å². The maximum Gasteiger partial charge on any atom is 0.251 e. The third kappa shape index (κ3) is 7.33. The van der Waals surface area contributed by atoms with E-state index in [1.165, 1.54) is 31.5 Å². The molecule has 5 nitrogen and oxygen atoms in total. The van der Waals surface area contributed by atoms with E-state index < -0.39 is 0 Å². The van der Waals surface area contributed by atoms with Crippen molar-refractivity contribution in [2.24, 2.45) is 5.92 Å². The van der Waals surface area contributed by atoms with E-state index in [4.69, 9.17) is 0 Å². The Labute approximate surface area is 163 Å². The van der Waals surface area contributed by atoms with E-state index in [-0.39, 0.29) is 23.8 Å². The molecule has 1 saturated heterocycles. The van der Waals surface area contributed by atoms with E-state index in [1.807, 2.05) is 24.3 Å². The highest BCUT2D eigenvalue weighted by molar-refractivity contribution is 5.96. The largest absolute Gasteiger partial charge is 0.355 e. The number of carbonyl (C=O) groups excluding carboxylic acids is 2. The molecule has 0 aliphatic carbocycles. The number of carbonyl (C=O) groups is 2. The minimum Gasteiger partial charge on any atom is -0.355 e. The van der Waals surface area contributed by atoms with Crippen molar-refractivity contribution >= 4 is 11.8 Å². The highest BCUT2D eigenvalue weighted by Gasteiger charge is 2.16. The number of rotatable bonds is 7. The molecule has 1 aromatic rings. The molecule has 2 N–H and O–H groups in total. The maximum absolute atomic E-state index is 12.2. The van der Waals surface area contributed by atoms with Crippen molar-refractivity contribution in [3.05, 3.63) is 35.4 Å². The van der Waals surface area contributed by atoms with Gasteiger partial charge in [-0.3, -0.25) is 9.59 Å². The Balaban J connectivity index is 1.62. The molecule has 1 aliphatic rings. The van der Waals surface area contributed by atoms with Crippen molar-refractivity contribution in [3.8, 4) is 0 Å². The van der Waals surface area contributed by atoms with Crippen LogP contribution in [0.1, 0.15) is 62.9 Å². The first-order valence-corrected chi connectivity index (χ1v) is 10.1. The Hall–Kier alpha value is -1.88. The number of likely N-dealkylation sites (tertiary alicyclic amines) is 1. The number of nitrogens with zero attached hydrogens (tertiary/aromatic N) is 1. The third-order valence-corrected chi connectivity index (χ3v) is 5.27. The van der Waals surface area contributed by atoms with Gasteiger partial charge in [0.2, 0.25) is 5.91 Å². The van der Waals surface area contributed by atoms with Crippen LogP contribution < -0.4 is 10.6 Å². The van der Waals surface area contributed by atoms with Crippen LogP contribution in [0.4, 0.5) is 0 Å². The summed E-state index contributed by atoms with van der Waals surface area (Å²) >= 11 is 0. The molecule has 0 atom stereocenters. The number of piperidine rings is 1. The quantitative estimate of drug-likeness (QED) is 0.723. The van der Waals surface area contributed by atoms with Gasteiger partial charge in [-0.05, 0) is 67.9 Å². The molecule has 1 aliphatic heterocycles. The lowest BCUT2D eigenvalue weighted by Crippen LogP contribution is -2.39. The highest BCUT2D eigenvalue weighted by atomic mass is 16.2. The van der Waals surface area contributed by atoms with Crippen LogP contribution in [0.25, 0.3) is 0 Å². The van der Waals surface area contributed by atoms with E-state index in [0.717, 1.165) is 18.9 Å². The predicted octanol–water partition coefficient (Wildman–Crippen LogP) is 2.95. The molecule has 0 spiro atoms. The lowest BCUT2D eigenvalue weighted by atomic mass is 9.87. The molecular weight excluding hydrogens is 338 g/mol. The molecule has 5 heteroatoms. The molecule has 0 radical (unpaired) electrons. The van der Waals surface area contributed by atoms with Crippen molar-refractivity contribution < 1.29 is 9.59 Å². The van der Waals surface area contributed by atoms with Gasteiger partial charge in [-0.15, -0.1) is 0 Å². The van der Waals surface area contributed by atoms with Crippen molar-refractivity contribution in [2.75, 3.05) is 32.7 Å². The fourth-order valence-electron chi connectivity index (χ4n) is 3.26. The Bertz CT molecular complexity index is 611. The second-order valence-corrected chi connectivity index (χ2v) is 8.74. The second kappa shape index (κ2) is 9.88. The smallest absolute Gasteiger partial charge is 0.251 e. The molecule has 2 rings (SSSR count). The van der Waals surface area contributed by atoms with Crippen LogP contribution in [-0.2, 0) is 10.2 Å². The molecule has 27 heavy (non-hydrogen) atoms. The molecule has 0 bridgehead atoms. The first kappa shape index (κ1) is 21.4. The summed E-state index contributed by atoms with van der Waals surface area (Å²) in [5, 5.41) is 5.58. The molecule has 150 valence electrons. The number of hydrogen-bond acceptors (Lipinski definition) is 3. The zero-order valence-electron chi connectivity index (χ0n) is 17.3. The standard InChI is InChI=1S/C22H35N3O2/c1-17-10-14-25(15-11-17)13-5-12-23-20(26)16-24-21(27)18-6-8-19(9-7-18)22(2,3)4/h6-9,17H,5,10-16H2,1-4H3,(H,23,26)(H,24,27). The fourth-order valence-corrected chi connectivity index (χ4v) is 3.26. The van der Waals surface area contributed by atoms with Crippen molar-refractivity contribution in [1.29, 1.82) is 0 Å². The minimum absolute atomic E-state index is 0.0150. The Kier molecular flexibility index (Phi) is 7.84. The summed E-state index contributed by atoms with van der Waals surface area (Å²) in [6.07, 6.45) is 3.49. The van der Waals surface area contributed by atoms with E-state index >= 15 is 0 Å². The Morgan fingerprint density at radius 3 is 2.30 bits per heavy atom. The molecule has 0 saturated carbocycles. The van der Waals surface area contributed by atoms with E-state index in [1.54, 1.807) is 0 Å². The third-order valence-electron chi connectivity index (χ3n) is 5.27. The summed E-state index contributed by atoms with van der Waals surface area (Å²) in [6, 6.07) is 7.56. The van der Waals surface area contributed by atoms with Crippen molar-refractivity contribution in [1.82, 2.24) is 15.5 Å². The lowest BCUT2D eigenvalue weighted by Gasteiger charge is -2.30. The zero-order chi connectivity index (χ0) is 19.9. The molecular formula is C22H35N3O2. The molecule has 2 amide bonds. The van der Waals surface area contributed by atoms with Gasteiger partial charge in [0.05, 0.1) is 6.54 Å². The molecule has 0 unspecified atom stereocenters. The van der Waals surface area contributed by atoms with Crippen LogP contribution in [-0.4, -0.2) is 49.4 Å². The van der Waals surface area contributed by atoms with Gasteiger partial charge in [-0.2, -0.15) is 0 Å². The monoisotopic (exact) mass is 373 g/mol. The number of amides is 2. The van der Waals surface area contributed by atoms with Crippen LogP contribution in [0, 0.1) is 5.92 Å². The molecule has 1 aromatic carbocycles.